The molecule has 0 bridgehead atoms. The van der Waals surface area contributed by atoms with Crippen LogP contribution in [0.1, 0.15) is 53.4 Å². The molecule has 0 radical (unpaired) electrons. The van der Waals surface area contributed by atoms with E-state index in [0.29, 0.717) is 11.8 Å². The number of rotatable bonds is 4. The molecular formula is C14H27NO. The minimum absolute atomic E-state index is 0.307. The molecule has 2 heteroatoms. The molecule has 0 aromatic heterocycles. The summed E-state index contributed by atoms with van der Waals surface area (Å²) in [7, 11) is 0. The molecule has 16 heavy (non-hydrogen) atoms. The van der Waals surface area contributed by atoms with Gasteiger partial charge in [-0.2, -0.15) is 0 Å². The molecule has 0 aromatic rings. The summed E-state index contributed by atoms with van der Waals surface area (Å²) in [6.45, 7) is 10.4. The standard InChI is InChI=1S/C14H27NO/c1-5-15(6-2)14(16)13-9-7-8-12(10-13)11(3)4/h11-13H,5-10H2,1-4H3. The summed E-state index contributed by atoms with van der Waals surface area (Å²) in [6.07, 6.45) is 4.78. The number of hydrogen-bond acceptors (Lipinski definition) is 1. The van der Waals surface area contributed by atoms with Crippen LogP contribution in [-0.4, -0.2) is 23.9 Å². The van der Waals surface area contributed by atoms with E-state index in [1.165, 1.54) is 12.8 Å². The van der Waals surface area contributed by atoms with E-state index < -0.39 is 0 Å². The van der Waals surface area contributed by atoms with Gasteiger partial charge in [0, 0.05) is 19.0 Å². The molecule has 1 aliphatic carbocycles. The van der Waals surface area contributed by atoms with Crippen molar-refractivity contribution in [3.05, 3.63) is 0 Å². The Hall–Kier alpha value is -0.530. The van der Waals surface area contributed by atoms with Crippen LogP contribution in [0.3, 0.4) is 0 Å². The topological polar surface area (TPSA) is 20.3 Å². The van der Waals surface area contributed by atoms with Gasteiger partial charge in [0.2, 0.25) is 5.91 Å². The van der Waals surface area contributed by atoms with Gasteiger partial charge in [0.05, 0.1) is 0 Å². The minimum atomic E-state index is 0.307. The van der Waals surface area contributed by atoms with E-state index in [2.05, 4.69) is 27.7 Å². The fourth-order valence-corrected chi connectivity index (χ4v) is 2.85. The molecule has 1 aliphatic rings. The Bertz CT molecular complexity index is 221. The smallest absolute Gasteiger partial charge is 0.225 e. The first-order valence-electron chi connectivity index (χ1n) is 6.88. The maximum atomic E-state index is 12.3. The Labute approximate surface area is 100 Å². The molecule has 0 aliphatic heterocycles. The molecule has 1 rings (SSSR count). The Morgan fingerprint density at radius 2 is 1.88 bits per heavy atom. The largest absolute Gasteiger partial charge is 0.343 e. The summed E-state index contributed by atoms with van der Waals surface area (Å²) >= 11 is 0. The van der Waals surface area contributed by atoms with Crippen molar-refractivity contribution in [1.82, 2.24) is 4.90 Å². The monoisotopic (exact) mass is 225 g/mol. The van der Waals surface area contributed by atoms with E-state index in [4.69, 9.17) is 0 Å². The molecule has 1 saturated carbocycles. The van der Waals surface area contributed by atoms with E-state index in [1.54, 1.807) is 0 Å². The molecule has 2 nitrogen and oxygen atoms in total. The van der Waals surface area contributed by atoms with Gasteiger partial charge < -0.3 is 4.90 Å². The second kappa shape index (κ2) is 6.27. The van der Waals surface area contributed by atoms with Crippen molar-refractivity contribution < 1.29 is 4.79 Å². The quantitative estimate of drug-likeness (QED) is 0.718. The maximum absolute atomic E-state index is 12.3. The van der Waals surface area contributed by atoms with Crippen LogP contribution in [-0.2, 0) is 4.79 Å². The Morgan fingerprint density at radius 3 is 2.38 bits per heavy atom. The SMILES string of the molecule is CCN(CC)C(=O)C1CCCC(C(C)C)C1. The first-order chi connectivity index (χ1) is 7.60. The third-order valence-corrected chi connectivity index (χ3v) is 4.08. The first-order valence-corrected chi connectivity index (χ1v) is 6.88. The molecular weight excluding hydrogens is 198 g/mol. The van der Waals surface area contributed by atoms with Crippen molar-refractivity contribution in [3.63, 3.8) is 0 Å². The zero-order valence-corrected chi connectivity index (χ0v) is 11.3. The second-order valence-corrected chi connectivity index (χ2v) is 5.38. The van der Waals surface area contributed by atoms with E-state index in [1.807, 2.05) is 4.90 Å². The van der Waals surface area contributed by atoms with E-state index >= 15 is 0 Å². The van der Waals surface area contributed by atoms with Crippen LogP contribution < -0.4 is 0 Å². The third kappa shape index (κ3) is 3.23. The van der Waals surface area contributed by atoms with Gasteiger partial charge in [-0.15, -0.1) is 0 Å². The highest BCUT2D eigenvalue weighted by Crippen LogP contribution is 2.34. The molecule has 0 spiro atoms. The van der Waals surface area contributed by atoms with Gasteiger partial charge in [-0.05, 0) is 38.5 Å². The molecule has 0 N–H and O–H groups in total. The molecule has 2 atom stereocenters. The average Bonchev–Trinajstić information content (AvgIpc) is 2.30. The van der Waals surface area contributed by atoms with Crippen LogP contribution in [0, 0.1) is 17.8 Å². The van der Waals surface area contributed by atoms with Crippen LogP contribution in [0.25, 0.3) is 0 Å². The van der Waals surface area contributed by atoms with Gasteiger partial charge in [-0.3, -0.25) is 4.79 Å². The zero-order valence-electron chi connectivity index (χ0n) is 11.3. The summed E-state index contributed by atoms with van der Waals surface area (Å²) in [4.78, 5) is 14.2. The highest BCUT2D eigenvalue weighted by atomic mass is 16.2. The summed E-state index contributed by atoms with van der Waals surface area (Å²) in [5.74, 6) is 2.20. The highest BCUT2D eigenvalue weighted by molar-refractivity contribution is 5.78. The van der Waals surface area contributed by atoms with Gasteiger partial charge in [0.1, 0.15) is 0 Å². The molecule has 0 heterocycles. The molecule has 94 valence electrons. The predicted octanol–water partition coefficient (Wildman–Crippen LogP) is 3.32. The fourth-order valence-electron chi connectivity index (χ4n) is 2.85. The van der Waals surface area contributed by atoms with E-state index in [0.717, 1.165) is 37.8 Å². The molecule has 0 aromatic carbocycles. The van der Waals surface area contributed by atoms with Crippen LogP contribution >= 0.6 is 0 Å². The summed E-state index contributed by atoms with van der Waals surface area (Å²) < 4.78 is 0. The maximum Gasteiger partial charge on any atom is 0.225 e. The molecule has 0 saturated heterocycles. The number of carbonyl (C=O) groups is 1. The van der Waals surface area contributed by atoms with Gasteiger partial charge in [-0.25, -0.2) is 0 Å². The number of carbonyl (C=O) groups excluding carboxylic acids is 1. The lowest BCUT2D eigenvalue weighted by Crippen LogP contribution is -2.38. The van der Waals surface area contributed by atoms with Crippen molar-refractivity contribution in [1.29, 1.82) is 0 Å². The molecule has 1 amide bonds. The number of nitrogens with zero attached hydrogens (tertiary/aromatic N) is 1. The predicted molar refractivity (Wildman–Crippen MR) is 68.2 cm³/mol. The molecule has 1 fully saturated rings. The van der Waals surface area contributed by atoms with Gasteiger partial charge in [0.15, 0.2) is 0 Å². The lowest BCUT2D eigenvalue weighted by atomic mass is 9.76. The lowest BCUT2D eigenvalue weighted by molar-refractivity contribution is -0.136. The van der Waals surface area contributed by atoms with Crippen LogP contribution in [0.5, 0.6) is 0 Å². The van der Waals surface area contributed by atoms with Crippen molar-refractivity contribution >= 4 is 5.91 Å². The van der Waals surface area contributed by atoms with E-state index in [9.17, 15) is 4.79 Å². The van der Waals surface area contributed by atoms with Crippen LogP contribution in [0.4, 0.5) is 0 Å². The minimum Gasteiger partial charge on any atom is -0.343 e. The number of hydrogen-bond donors (Lipinski definition) is 0. The Morgan fingerprint density at radius 1 is 1.25 bits per heavy atom. The first kappa shape index (κ1) is 13.5. The van der Waals surface area contributed by atoms with Crippen LogP contribution in [0.15, 0.2) is 0 Å². The second-order valence-electron chi connectivity index (χ2n) is 5.38. The van der Waals surface area contributed by atoms with Gasteiger partial charge in [-0.1, -0.05) is 26.7 Å². The fraction of sp³-hybridized carbons (Fsp3) is 0.929. The summed E-state index contributed by atoms with van der Waals surface area (Å²) in [5.41, 5.74) is 0. The Balaban J connectivity index is 2.56. The Kier molecular flexibility index (Phi) is 5.30. The van der Waals surface area contributed by atoms with Crippen molar-refractivity contribution in [3.8, 4) is 0 Å². The normalized spacial score (nSPS) is 25.8. The van der Waals surface area contributed by atoms with Crippen molar-refractivity contribution in [2.24, 2.45) is 17.8 Å². The zero-order chi connectivity index (χ0) is 12.1. The molecule has 2 unspecified atom stereocenters. The van der Waals surface area contributed by atoms with E-state index in [-0.39, 0.29) is 0 Å². The summed E-state index contributed by atoms with van der Waals surface area (Å²) in [6, 6.07) is 0. The van der Waals surface area contributed by atoms with Crippen LogP contribution in [0.2, 0.25) is 0 Å². The number of amides is 1. The summed E-state index contributed by atoms with van der Waals surface area (Å²) in [5, 5.41) is 0. The van der Waals surface area contributed by atoms with Crippen molar-refractivity contribution in [2.45, 2.75) is 53.4 Å². The van der Waals surface area contributed by atoms with Gasteiger partial charge >= 0.3 is 0 Å². The average molecular weight is 225 g/mol. The van der Waals surface area contributed by atoms with Crippen molar-refractivity contribution in [2.75, 3.05) is 13.1 Å². The highest BCUT2D eigenvalue weighted by Gasteiger charge is 2.30. The third-order valence-electron chi connectivity index (χ3n) is 4.08. The van der Waals surface area contributed by atoms with Gasteiger partial charge in [0.25, 0.3) is 0 Å². The lowest BCUT2D eigenvalue weighted by Gasteiger charge is -2.33.